The van der Waals surface area contributed by atoms with Crippen LogP contribution in [0.3, 0.4) is 0 Å². The molecule has 0 heterocycles. The van der Waals surface area contributed by atoms with Gasteiger partial charge in [-0.1, -0.05) is 12.8 Å². The summed E-state index contributed by atoms with van der Waals surface area (Å²) in [6, 6.07) is 0.826. The Morgan fingerprint density at radius 3 is 2.14 bits per heavy atom. The van der Waals surface area contributed by atoms with Crippen LogP contribution in [0.2, 0.25) is 0 Å². The SMILES string of the molecule is C/C=N/[C@@H]1CCCC[C@H]1/N=C/N(C)C. The molecule has 0 spiro atoms. The second-order valence-corrected chi connectivity index (χ2v) is 4.05. The molecule has 3 nitrogen and oxygen atoms in total. The van der Waals surface area contributed by atoms with E-state index in [-0.39, 0.29) is 0 Å². The highest BCUT2D eigenvalue weighted by atomic mass is 15.1. The van der Waals surface area contributed by atoms with Crippen LogP contribution < -0.4 is 0 Å². The summed E-state index contributed by atoms with van der Waals surface area (Å²) < 4.78 is 0. The van der Waals surface area contributed by atoms with Crippen LogP contribution in [0.4, 0.5) is 0 Å². The minimum atomic E-state index is 0.405. The fourth-order valence-electron chi connectivity index (χ4n) is 1.85. The standard InChI is InChI=1S/C11H21N3/c1-4-12-10-7-5-6-8-11(10)13-9-14(2)3/h4,9-11H,5-8H2,1-3H3/b12-4+,13-9+/t10-,11-/m1/s1. The van der Waals surface area contributed by atoms with Gasteiger partial charge in [-0.15, -0.1) is 0 Å². The molecular formula is C11H21N3. The molecule has 1 aliphatic rings. The first-order chi connectivity index (χ1) is 6.74. The molecule has 2 atom stereocenters. The summed E-state index contributed by atoms with van der Waals surface area (Å²) in [5, 5.41) is 0. The van der Waals surface area contributed by atoms with E-state index in [9.17, 15) is 0 Å². The lowest BCUT2D eigenvalue weighted by Gasteiger charge is -2.25. The van der Waals surface area contributed by atoms with Gasteiger partial charge in [-0.2, -0.15) is 0 Å². The molecule has 0 N–H and O–H groups in total. The zero-order chi connectivity index (χ0) is 10.4. The minimum Gasteiger partial charge on any atom is -0.369 e. The molecule has 1 fully saturated rings. The number of rotatable bonds is 3. The third-order valence-electron chi connectivity index (χ3n) is 2.52. The van der Waals surface area contributed by atoms with Crippen molar-refractivity contribution in [3.8, 4) is 0 Å². The fraction of sp³-hybridized carbons (Fsp3) is 0.818. The normalized spacial score (nSPS) is 28.8. The topological polar surface area (TPSA) is 28.0 Å². The molecule has 3 heteroatoms. The summed E-state index contributed by atoms with van der Waals surface area (Å²) in [7, 11) is 4.01. The van der Waals surface area contributed by atoms with E-state index in [1.54, 1.807) is 0 Å². The predicted octanol–water partition coefficient (Wildman–Crippen LogP) is 1.98. The third-order valence-corrected chi connectivity index (χ3v) is 2.52. The monoisotopic (exact) mass is 195 g/mol. The van der Waals surface area contributed by atoms with E-state index in [1.807, 2.05) is 38.5 Å². The Hall–Kier alpha value is -0.860. The summed E-state index contributed by atoms with van der Waals surface area (Å²) >= 11 is 0. The van der Waals surface area contributed by atoms with Crippen LogP contribution in [0, 0.1) is 0 Å². The lowest BCUT2D eigenvalue weighted by Crippen LogP contribution is -2.28. The number of aliphatic imine (C=N–C) groups is 2. The Balaban J connectivity index is 2.53. The van der Waals surface area contributed by atoms with Gasteiger partial charge in [0, 0.05) is 14.1 Å². The summed E-state index contributed by atoms with van der Waals surface area (Å²) in [6.45, 7) is 1.99. The molecule has 0 amide bonds. The zero-order valence-electron chi connectivity index (χ0n) is 9.48. The van der Waals surface area contributed by atoms with Gasteiger partial charge in [0.1, 0.15) is 0 Å². The van der Waals surface area contributed by atoms with E-state index in [4.69, 9.17) is 0 Å². The van der Waals surface area contributed by atoms with Gasteiger partial charge in [-0.05, 0) is 26.0 Å². The van der Waals surface area contributed by atoms with Crippen LogP contribution >= 0.6 is 0 Å². The number of hydrogen-bond acceptors (Lipinski definition) is 2. The zero-order valence-corrected chi connectivity index (χ0v) is 9.48. The van der Waals surface area contributed by atoms with Crippen LogP contribution in [-0.2, 0) is 0 Å². The Labute approximate surface area is 86.9 Å². The van der Waals surface area contributed by atoms with Crippen molar-refractivity contribution in [1.82, 2.24) is 4.90 Å². The molecule has 1 aliphatic carbocycles. The molecule has 0 unspecified atom stereocenters. The highest BCUT2D eigenvalue weighted by Gasteiger charge is 2.22. The van der Waals surface area contributed by atoms with Crippen LogP contribution in [0.5, 0.6) is 0 Å². The third kappa shape index (κ3) is 3.48. The molecule has 0 saturated heterocycles. The first-order valence-electron chi connectivity index (χ1n) is 5.41. The molecule has 0 aliphatic heterocycles. The Morgan fingerprint density at radius 2 is 1.64 bits per heavy atom. The van der Waals surface area contributed by atoms with Crippen molar-refractivity contribution in [1.29, 1.82) is 0 Å². The predicted molar refractivity (Wildman–Crippen MR) is 62.4 cm³/mol. The summed E-state index contributed by atoms with van der Waals surface area (Å²) in [4.78, 5) is 11.0. The van der Waals surface area contributed by atoms with Gasteiger partial charge in [0.2, 0.25) is 0 Å². The van der Waals surface area contributed by atoms with Gasteiger partial charge in [-0.3, -0.25) is 9.98 Å². The molecule has 1 saturated carbocycles. The van der Waals surface area contributed by atoms with Crippen molar-refractivity contribution in [3.63, 3.8) is 0 Å². The van der Waals surface area contributed by atoms with Crippen molar-refractivity contribution >= 4 is 12.6 Å². The molecule has 0 radical (unpaired) electrons. The van der Waals surface area contributed by atoms with Crippen molar-refractivity contribution < 1.29 is 0 Å². The van der Waals surface area contributed by atoms with Gasteiger partial charge < -0.3 is 4.90 Å². The van der Waals surface area contributed by atoms with Crippen molar-refractivity contribution in [2.24, 2.45) is 9.98 Å². The second kappa shape index (κ2) is 5.78. The van der Waals surface area contributed by atoms with Gasteiger partial charge in [0.25, 0.3) is 0 Å². The quantitative estimate of drug-likeness (QED) is 0.500. The van der Waals surface area contributed by atoms with Gasteiger partial charge >= 0.3 is 0 Å². The van der Waals surface area contributed by atoms with Crippen LogP contribution in [0.1, 0.15) is 32.6 Å². The first kappa shape index (κ1) is 11.2. The van der Waals surface area contributed by atoms with Crippen LogP contribution in [-0.4, -0.2) is 43.6 Å². The molecule has 0 aromatic carbocycles. The van der Waals surface area contributed by atoms with Gasteiger partial charge in [0.15, 0.2) is 0 Å². The molecule has 80 valence electrons. The number of hydrogen-bond donors (Lipinski definition) is 0. The van der Waals surface area contributed by atoms with E-state index < -0.39 is 0 Å². The molecule has 1 rings (SSSR count). The maximum atomic E-state index is 4.57. The average Bonchev–Trinajstić information content (AvgIpc) is 2.17. The Bertz CT molecular complexity index is 209. The van der Waals surface area contributed by atoms with Crippen LogP contribution in [0.25, 0.3) is 0 Å². The molecular weight excluding hydrogens is 174 g/mol. The Kier molecular flexibility index (Phi) is 4.63. The van der Waals surface area contributed by atoms with Crippen LogP contribution in [0.15, 0.2) is 9.98 Å². The summed E-state index contributed by atoms with van der Waals surface area (Å²) in [5.74, 6) is 0. The second-order valence-electron chi connectivity index (χ2n) is 4.05. The molecule has 0 bridgehead atoms. The van der Waals surface area contributed by atoms with Gasteiger partial charge in [0.05, 0.1) is 18.4 Å². The lowest BCUT2D eigenvalue weighted by molar-refractivity contribution is 0.387. The van der Waals surface area contributed by atoms with Crippen molar-refractivity contribution in [3.05, 3.63) is 0 Å². The maximum absolute atomic E-state index is 4.57. The van der Waals surface area contributed by atoms with Crippen molar-refractivity contribution in [2.75, 3.05) is 14.1 Å². The van der Waals surface area contributed by atoms with E-state index in [0.29, 0.717) is 12.1 Å². The highest BCUT2D eigenvalue weighted by Crippen LogP contribution is 2.23. The minimum absolute atomic E-state index is 0.405. The molecule has 0 aromatic rings. The fourth-order valence-corrected chi connectivity index (χ4v) is 1.85. The highest BCUT2D eigenvalue weighted by molar-refractivity contribution is 5.55. The number of nitrogens with zero attached hydrogens (tertiary/aromatic N) is 3. The average molecular weight is 195 g/mol. The maximum Gasteiger partial charge on any atom is 0.0849 e. The van der Waals surface area contributed by atoms with E-state index >= 15 is 0 Å². The van der Waals surface area contributed by atoms with E-state index in [1.165, 1.54) is 25.7 Å². The summed E-state index contributed by atoms with van der Waals surface area (Å²) in [5.41, 5.74) is 0. The molecule has 0 aromatic heterocycles. The largest absolute Gasteiger partial charge is 0.369 e. The summed E-state index contributed by atoms with van der Waals surface area (Å²) in [6.07, 6.45) is 8.80. The molecule has 14 heavy (non-hydrogen) atoms. The lowest BCUT2D eigenvalue weighted by atomic mass is 9.91. The van der Waals surface area contributed by atoms with E-state index in [0.717, 1.165) is 0 Å². The smallest absolute Gasteiger partial charge is 0.0849 e. The van der Waals surface area contributed by atoms with Crippen molar-refractivity contribution in [2.45, 2.75) is 44.7 Å². The Morgan fingerprint density at radius 1 is 1.07 bits per heavy atom. The van der Waals surface area contributed by atoms with E-state index in [2.05, 4.69) is 9.98 Å². The first-order valence-corrected chi connectivity index (χ1v) is 5.41. The van der Waals surface area contributed by atoms with Gasteiger partial charge in [-0.25, -0.2) is 0 Å².